The quantitative estimate of drug-likeness (QED) is 0.866. The van der Waals surface area contributed by atoms with Gasteiger partial charge in [0.15, 0.2) is 0 Å². The molecule has 0 aromatic carbocycles. The summed E-state index contributed by atoms with van der Waals surface area (Å²) in [5.41, 5.74) is 0. The molecule has 0 aliphatic carbocycles. The van der Waals surface area contributed by atoms with Crippen molar-refractivity contribution < 1.29 is 5.11 Å². The zero-order chi connectivity index (χ0) is 12.8. The van der Waals surface area contributed by atoms with Crippen LogP contribution >= 0.6 is 23.2 Å². The van der Waals surface area contributed by atoms with Crippen LogP contribution in [0, 0.1) is 0 Å². The van der Waals surface area contributed by atoms with Crippen molar-refractivity contribution in [2.24, 2.45) is 0 Å². The fourth-order valence-electron chi connectivity index (χ4n) is 1.92. The van der Waals surface area contributed by atoms with E-state index in [0.29, 0.717) is 28.4 Å². The van der Waals surface area contributed by atoms with E-state index in [4.69, 9.17) is 28.3 Å². The van der Waals surface area contributed by atoms with Crippen LogP contribution in [0.3, 0.4) is 0 Å². The number of hydrogen-bond acceptors (Lipinski definition) is 3. The maximum Gasteiger partial charge on any atom is 0.147 e. The Morgan fingerprint density at radius 3 is 2.47 bits per heavy atom. The Labute approximate surface area is 112 Å². The predicted octanol–water partition coefficient (Wildman–Crippen LogP) is 3.38. The Bertz CT molecular complexity index is 356. The topological polar surface area (TPSA) is 36.4 Å². The number of aliphatic hydroxyl groups is 1. The highest BCUT2D eigenvalue weighted by Crippen LogP contribution is 2.28. The van der Waals surface area contributed by atoms with Gasteiger partial charge in [-0.2, -0.15) is 0 Å². The largest absolute Gasteiger partial charge is 0.395 e. The molecule has 3 nitrogen and oxygen atoms in total. The lowest BCUT2D eigenvalue weighted by Gasteiger charge is -2.31. The van der Waals surface area contributed by atoms with Gasteiger partial charge in [0.25, 0.3) is 0 Å². The van der Waals surface area contributed by atoms with Crippen LogP contribution in [0.5, 0.6) is 0 Å². The zero-order valence-electron chi connectivity index (χ0n) is 10.2. The van der Waals surface area contributed by atoms with Gasteiger partial charge in [-0.25, -0.2) is 4.98 Å². The second kappa shape index (κ2) is 7.04. The van der Waals surface area contributed by atoms with E-state index in [9.17, 15) is 0 Å². The van der Waals surface area contributed by atoms with Gasteiger partial charge in [-0.3, -0.25) is 0 Å². The Hall–Kier alpha value is -0.510. The van der Waals surface area contributed by atoms with E-state index in [2.05, 4.69) is 18.8 Å². The summed E-state index contributed by atoms with van der Waals surface area (Å²) in [6, 6.07) is 2.01. The van der Waals surface area contributed by atoms with Crippen molar-refractivity contribution in [3.05, 3.63) is 22.3 Å². The predicted molar refractivity (Wildman–Crippen MR) is 73.1 cm³/mol. The number of hydrogen-bond donors (Lipinski definition) is 1. The summed E-state index contributed by atoms with van der Waals surface area (Å²) in [5.74, 6) is 0.693. The van der Waals surface area contributed by atoms with E-state index in [0.717, 1.165) is 12.8 Å². The van der Waals surface area contributed by atoms with Crippen molar-refractivity contribution in [1.82, 2.24) is 4.98 Å². The molecule has 1 aromatic heterocycles. The molecule has 1 N–H and O–H groups in total. The molecule has 0 saturated carbocycles. The van der Waals surface area contributed by atoms with Gasteiger partial charge in [0.1, 0.15) is 5.82 Å². The van der Waals surface area contributed by atoms with Crippen molar-refractivity contribution in [2.45, 2.75) is 32.7 Å². The number of halogens is 2. The van der Waals surface area contributed by atoms with E-state index >= 15 is 0 Å². The third kappa shape index (κ3) is 3.73. The van der Waals surface area contributed by atoms with Crippen LogP contribution < -0.4 is 4.90 Å². The fourth-order valence-corrected chi connectivity index (χ4v) is 2.41. The Balaban J connectivity index is 3.03. The van der Waals surface area contributed by atoms with Gasteiger partial charge < -0.3 is 10.0 Å². The van der Waals surface area contributed by atoms with Crippen LogP contribution in [0.1, 0.15) is 26.7 Å². The first-order chi connectivity index (χ1) is 8.13. The van der Waals surface area contributed by atoms with Gasteiger partial charge in [0.2, 0.25) is 0 Å². The van der Waals surface area contributed by atoms with Crippen LogP contribution in [-0.2, 0) is 0 Å². The summed E-state index contributed by atoms with van der Waals surface area (Å²) in [6.07, 6.45) is 3.55. The zero-order valence-corrected chi connectivity index (χ0v) is 11.7. The lowest BCUT2D eigenvalue weighted by atomic mass is 10.1. The second-order valence-electron chi connectivity index (χ2n) is 3.85. The number of rotatable bonds is 6. The van der Waals surface area contributed by atoms with E-state index in [1.807, 2.05) is 4.90 Å². The van der Waals surface area contributed by atoms with Crippen molar-refractivity contribution in [3.8, 4) is 0 Å². The summed E-state index contributed by atoms with van der Waals surface area (Å²) in [7, 11) is 0. The van der Waals surface area contributed by atoms with Crippen LogP contribution in [0.25, 0.3) is 0 Å². The first-order valence-electron chi connectivity index (χ1n) is 5.82. The lowest BCUT2D eigenvalue weighted by molar-refractivity contribution is 0.295. The minimum absolute atomic E-state index is 0.0805. The molecule has 0 spiro atoms. The summed E-state index contributed by atoms with van der Waals surface area (Å²) >= 11 is 12.0. The van der Waals surface area contributed by atoms with Crippen molar-refractivity contribution in [1.29, 1.82) is 0 Å². The summed E-state index contributed by atoms with van der Waals surface area (Å²) < 4.78 is 0. The van der Waals surface area contributed by atoms with Crippen molar-refractivity contribution >= 4 is 29.0 Å². The van der Waals surface area contributed by atoms with Crippen LogP contribution in [0.2, 0.25) is 10.0 Å². The van der Waals surface area contributed by atoms with E-state index in [1.54, 1.807) is 12.3 Å². The summed E-state index contributed by atoms with van der Waals surface area (Å²) in [6.45, 7) is 4.84. The number of anilines is 1. The molecule has 96 valence electrons. The molecule has 0 unspecified atom stereocenters. The Morgan fingerprint density at radius 2 is 2.00 bits per heavy atom. The first-order valence-corrected chi connectivity index (χ1v) is 6.58. The molecular weight excluding hydrogens is 259 g/mol. The Morgan fingerprint density at radius 1 is 1.35 bits per heavy atom. The smallest absolute Gasteiger partial charge is 0.147 e. The van der Waals surface area contributed by atoms with Crippen LogP contribution in [0.15, 0.2) is 12.3 Å². The highest BCUT2D eigenvalue weighted by molar-refractivity contribution is 6.36. The molecule has 0 aliphatic heterocycles. The molecule has 0 bridgehead atoms. The number of aromatic nitrogens is 1. The molecule has 0 aliphatic rings. The van der Waals surface area contributed by atoms with Gasteiger partial charge in [-0.15, -0.1) is 0 Å². The van der Waals surface area contributed by atoms with Crippen LogP contribution in [0.4, 0.5) is 5.82 Å². The van der Waals surface area contributed by atoms with Crippen LogP contribution in [-0.4, -0.2) is 29.3 Å². The fraction of sp³-hybridized carbons (Fsp3) is 0.583. The van der Waals surface area contributed by atoms with Gasteiger partial charge in [-0.1, -0.05) is 37.0 Å². The minimum Gasteiger partial charge on any atom is -0.395 e. The molecular formula is C12H18Cl2N2O. The molecule has 1 rings (SSSR count). The molecule has 1 heterocycles. The number of pyridine rings is 1. The van der Waals surface area contributed by atoms with Gasteiger partial charge in [0.05, 0.1) is 16.7 Å². The summed E-state index contributed by atoms with van der Waals surface area (Å²) in [4.78, 5) is 6.30. The third-order valence-electron chi connectivity index (χ3n) is 2.78. The highest BCUT2D eigenvalue weighted by atomic mass is 35.5. The first kappa shape index (κ1) is 14.6. The van der Waals surface area contributed by atoms with E-state index in [1.165, 1.54) is 0 Å². The number of aliphatic hydroxyl groups excluding tert-OH is 1. The summed E-state index contributed by atoms with van der Waals surface area (Å²) in [5, 5.41) is 10.2. The van der Waals surface area contributed by atoms with E-state index < -0.39 is 0 Å². The Kier molecular flexibility index (Phi) is 6.03. The normalized spacial score (nSPS) is 10.9. The molecule has 5 heteroatoms. The third-order valence-corrected chi connectivity index (χ3v) is 3.27. The molecule has 0 atom stereocenters. The maximum absolute atomic E-state index is 9.14. The molecule has 1 aromatic rings. The SMILES string of the molecule is CCC(CC)N(CCO)c1ncc(Cl)cc1Cl. The average molecular weight is 277 g/mol. The van der Waals surface area contributed by atoms with Gasteiger partial charge >= 0.3 is 0 Å². The average Bonchev–Trinajstić information content (AvgIpc) is 2.30. The second-order valence-corrected chi connectivity index (χ2v) is 4.69. The standard InChI is InChI=1S/C12H18Cl2N2O/c1-3-10(4-2)16(5-6-17)12-11(14)7-9(13)8-15-12/h7-8,10,17H,3-6H2,1-2H3. The molecule has 0 amide bonds. The van der Waals surface area contributed by atoms with Gasteiger partial charge in [0, 0.05) is 18.8 Å². The maximum atomic E-state index is 9.14. The van der Waals surface area contributed by atoms with Crippen molar-refractivity contribution in [2.75, 3.05) is 18.1 Å². The molecule has 0 fully saturated rings. The van der Waals surface area contributed by atoms with Gasteiger partial charge in [-0.05, 0) is 18.9 Å². The number of nitrogens with zero attached hydrogens (tertiary/aromatic N) is 2. The van der Waals surface area contributed by atoms with E-state index in [-0.39, 0.29) is 6.61 Å². The molecule has 0 saturated heterocycles. The highest BCUT2D eigenvalue weighted by Gasteiger charge is 2.19. The molecule has 17 heavy (non-hydrogen) atoms. The minimum atomic E-state index is 0.0805. The lowest BCUT2D eigenvalue weighted by Crippen LogP contribution is -2.37. The molecule has 0 radical (unpaired) electrons. The van der Waals surface area contributed by atoms with Crippen molar-refractivity contribution in [3.63, 3.8) is 0 Å². The monoisotopic (exact) mass is 276 g/mol.